The standard InChI is InChI=1S/C44H72O12/c1-10-51-38-25(20-24(54-38)19-22(2)3)26-13-17-44(9)28-11-12-30-41(5,6)31(15-16-42(30,7)27(28)14-18-43(26,44)8)56-40-37(50)35(48)33(46)29(55-40)21-52-39-36(49)34(47)32(45)23(4)53-39/h11,19,23-27,29-40,45-50H,10,12-18,20-21H2,1-9H3/t23-,24-,25-,26-,27-,29+,30-,31-,32-,33+,34+,35-,36+,37+,38-,39+,40-,42+,43-,44+/m0/s1. The molecule has 6 fully saturated rings. The summed E-state index contributed by atoms with van der Waals surface area (Å²) in [5.74, 6) is 1.68. The van der Waals surface area contributed by atoms with Crippen molar-refractivity contribution < 1.29 is 59.1 Å². The first kappa shape index (κ1) is 43.1. The number of ether oxygens (including phenoxy) is 6. The molecule has 0 aromatic rings. The minimum atomic E-state index is -1.56. The first-order valence-corrected chi connectivity index (χ1v) is 21.6. The van der Waals surface area contributed by atoms with E-state index in [0.717, 1.165) is 32.1 Å². The molecule has 320 valence electrons. The van der Waals surface area contributed by atoms with E-state index in [1.165, 1.54) is 24.8 Å². The van der Waals surface area contributed by atoms with Crippen LogP contribution < -0.4 is 0 Å². The van der Waals surface area contributed by atoms with Gasteiger partial charge in [0.25, 0.3) is 0 Å². The van der Waals surface area contributed by atoms with Gasteiger partial charge in [-0.05, 0) is 118 Å². The number of hydrogen-bond acceptors (Lipinski definition) is 12. The normalized spacial score (nSPS) is 52.8. The topological polar surface area (TPSA) is 177 Å². The molecule has 3 aliphatic heterocycles. The summed E-state index contributed by atoms with van der Waals surface area (Å²) in [6.07, 6.45) is -0.400. The van der Waals surface area contributed by atoms with Gasteiger partial charge in [0.2, 0.25) is 0 Å². The highest BCUT2D eigenvalue weighted by Crippen LogP contribution is 2.74. The van der Waals surface area contributed by atoms with E-state index in [1.54, 1.807) is 12.5 Å². The van der Waals surface area contributed by atoms with Crippen LogP contribution in [0.5, 0.6) is 0 Å². The van der Waals surface area contributed by atoms with Crippen LogP contribution in [0.25, 0.3) is 0 Å². The molecule has 0 aromatic carbocycles. The predicted octanol–water partition coefficient (Wildman–Crippen LogP) is 4.36. The van der Waals surface area contributed by atoms with Gasteiger partial charge in [-0.2, -0.15) is 0 Å². The molecule has 0 aromatic heterocycles. The highest BCUT2D eigenvalue weighted by Gasteiger charge is 2.67. The van der Waals surface area contributed by atoms with Crippen molar-refractivity contribution in [3.63, 3.8) is 0 Å². The molecule has 12 nitrogen and oxygen atoms in total. The van der Waals surface area contributed by atoms with E-state index in [0.29, 0.717) is 30.3 Å². The third-order valence-electron chi connectivity index (χ3n) is 16.6. The number of fused-ring (bicyclic) bond motifs is 5. The molecule has 6 N–H and O–H groups in total. The summed E-state index contributed by atoms with van der Waals surface area (Å²) in [7, 11) is 0. The highest BCUT2D eigenvalue weighted by atomic mass is 16.7. The summed E-state index contributed by atoms with van der Waals surface area (Å²) in [6, 6.07) is 0. The van der Waals surface area contributed by atoms with Crippen molar-refractivity contribution in [2.45, 2.75) is 194 Å². The second kappa shape index (κ2) is 15.8. The molecular formula is C44H72O12. The van der Waals surface area contributed by atoms with Crippen molar-refractivity contribution in [1.82, 2.24) is 0 Å². The van der Waals surface area contributed by atoms with Crippen molar-refractivity contribution in [3.05, 3.63) is 23.3 Å². The molecule has 3 heterocycles. The van der Waals surface area contributed by atoms with Gasteiger partial charge in [-0.3, -0.25) is 0 Å². The van der Waals surface area contributed by atoms with Gasteiger partial charge in [-0.15, -0.1) is 0 Å². The maximum atomic E-state index is 11.1. The number of allylic oxidation sites excluding steroid dienone is 3. The fourth-order valence-corrected chi connectivity index (χ4v) is 13.2. The Balaban J connectivity index is 1.05. The zero-order chi connectivity index (χ0) is 40.7. The van der Waals surface area contributed by atoms with Gasteiger partial charge in [0.1, 0.15) is 42.7 Å². The van der Waals surface area contributed by atoms with Crippen LogP contribution >= 0.6 is 0 Å². The lowest BCUT2D eigenvalue weighted by atomic mass is 9.41. The van der Waals surface area contributed by atoms with Crippen molar-refractivity contribution >= 4 is 0 Å². The fourth-order valence-electron chi connectivity index (χ4n) is 13.2. The first-order valence-electron chi connectivity index (χ1n) is 21.6. The summed E-state index contributed by atoms with van der Waals surface area (Å²) in [4.78, 5) is 0. The van der Waals surface area contributed by atoms with Crippen LogP contribution in [0, 0.1) is 45.3 Å². The smallest absolute Gasteiger partial charge is 0.186 e. The largest absolute Gasteiger partial charge is 0.388 e. The zero-order valence-corrected chi connectivity index (χ0v) is 35.2. The van der Waals surface area contributed by atoms with Gasteiger partial charge in [-0.25, -0.2) is 0 Å². The Morgan fingerprint density at radius 2 is 1.48 bits per heavy atom. The lowest BCUT2D eigenvalue weighted by Crippen LogP contribution is -2.63. The average Bonchev–Trinajstić information content (AvgIpc) is 3.65. The van der Waals surface area contributed by atoms with Crippen LogP contribution in [0.15, 0.2) is 23.3 Å². The summed E-state index contributed by atoms with van der Waals surface area (Å²) < 4.78 is 36.8. The molecule has 56 heavy (non-hydrogen) atoms. The van der Waals surface area contributed by atoms with E-state index in [2.05, 4.69) is 67.5 Å². The Labute approximate surface area is 333 Å². The summed E-state index contributed by atoms with van der Waals surface area (Å²) >= 11 is 0. The van der Waals surface area contributed by atoms with Gasteiger partial charge in [0.05, 0.1) is 24.9 Å². The van der Waals surface area contributed by atoms with Crippen molar-refractivity contribution in [2.75, 3.05) is 13.2 Å². The molecule has 7 aliphatic rings. The molecule has 0 radical (unpaired) electrons. The second-order valence-corrected chi connectivity index (χ2v) is 20.1. The Hall–Kier alpha value is -1.00. The Morgan fingerprint density at radius 1 is 0.786 bits per heavy atom. The quantitative estimate of drug-likeness (QED) is 0.182. The minimum absolute atomic E-state index is 0.0585. The highest BCUT2D eigenvalue weighted by molar-refractivity contribution is 5.33. The van der Waals surface area contributed by atoms with Crippen molar-refractivity contribution in [1.29, 1.82) is 0 Å². The predicted molar refractivity (Wildman–Crippen MR) is 207 cm³/mol. The van der Waals surface area contributed by atoms with E-state index in [1.807, 2.05) is 0 Å². The van der Waals surface area contributed by atoms with E-state index in [4.69, 9.17) is 28.4 Å². The summed E-state index contributed by atoms with van der Waals surface area (Å²) in [5, 5.41) is 63.6. The molecule has 0 bridgehead atoms. The molecule has 0 spiro atoms. The molecule has 4 aliphatic carbocycles. The van der Waals surface area contributed by atoms with E-state index < -0.39 is 61.4 Å². The molecule has 7 rings (SSSR count). The third-order valence-corrected chi connectivity index (χ3v) is 16.6. The number of hydrogen-bond donors (Lipinski definition) is 6. The molecular weight excluding hydrogens is 720 g/mol. The lowest BCUT2D eigenvalue weighted by molar-refractivity contribution is -0.342. The average molecular weight is 793 g/mol. The third kappa shape index (κ3) is 7.01. The molecule has 0 unspecified atom stereocenters. The SMILES string of the molecule is CCO[C@H]1O[C@@H](C=C(C)C)C[C@H]1[C@@H]1CC[C@]2(C)C3=CC[C@H]4C(C)(C)[C@@H](O[C@@H]5O[C@H](CO[C@@H]6O[C@@H](C)[C@H](O)[C@@H](O)[C@H]6O)[C@@H](O)[C@H](O)[C@H]5O)CC[C@]4(C)[C@H]3CC[C@@]12C. The maximum Gasteiger partial charge on any atom is 0.186 e. The molecule has 0 amide bonds. The summed E-state index contributed by atoms with van der Waals surface area (Å²) in [6.45, 7) is 20.4. The van der Waals surface area contributed by atoms with Crippen LogP contribution in [0.1, 0.15) is 114 Å². The van der Waals surface area contributed by atoms with E-state index in [-0.39, 0.29) is 46.8 Å². The van der Waals surface area contributed by atoms with Crippen LogP contribution in [0.2, 0.25) is 0 Å². The fraction of sp³-hybridized carbons (Fsp3) is 0.909. The number of rotatable bonds is 9. The van der Waals surface area contributed by atoms with Gasteiger partial charge in [-0.1, -0.05) is 57.9 Å². The van der Waals surface area contributed by atoms with E-state index >= 15 is 0 Å². The Bertz CT molecular complexity index is 1460. The maximum absolute atomic E-state index is 11.1. The van der Waals surface area contributed by atoms with Gasteiger partial charge in [0.15, 0.2) is 18.9 Å². The molecule has 3 saturated heterocycles. The molecule has 12 heteroatoms. The Kier molecular flexibility index (Phi) is 12.2. The van der Waals surface area contributed by atoms with Crippen molar-refractivity contribution in [2.24, 2.45) is 45.3 Å². The van der Waals surface area contributed by atoms with Gasteiger partial charge in [0, 0.05) is 12.5 Å². The second-order valence-electron chi connectivity index (χ2n) is 20.1. The minimum Gasteiger partial charge on any atom is -0.388 e. The van der Waals surface area contributed by atoms with Crippen LogP contribution in [-0.4, -0.2) is 124 Å². The number of aliphatic hydroxyl groups is 6. The van der Waals surface area contributed by atoms with Gasteiger partial charge >= 0.3 is 0 Å². The first-order chi connectivity index (χ1) is 26.3. The molecule has 3 saturated carbocycles. The Morgan fingerprint density at radius 3 is 2.18 bits per heavy atom. The zero-order valence-electron chi connectivity index (χ0n) is 35.2. The summed E-state index contributed by atoms with van der Waals surface area (Å²) in [5.41, 5.74) is 2.95. The van der Waals surface area contributed by atoms with Gasteiger partial charge < -0.3 is 59.1 Å². The van der Waals surface area contributed by atoms with Crippen LogP contribution in [0.4, 0.5) is 0 Å². The van der Waals surface area contributed by atoms with Crippen LogP contribution in [-0.2, 0) is 28.4 Å². The number of aliphatic hydroxyl groups excluding tert-OH is 6. The monoisotopic (exact) mass is 793 g/mol. The van der Waals surface area contributed by atoms with E-state index in [9.17, 15) is 30.6 Å². The van der Waals surface area contributed by atoms with Crippen molar-refractivity contribution in [3.8, 4) is 0 Å². The van der Waals surface area contributed by atoms with Crippen LogP contribution in [0.3, 0.4) is 0 Å². The molecule has 20 atom stereocenters. The lowest BCUT2D eigenvalue weighted by Gasteiger charge is -2.65.